The third-order valence-electron chi connectivity index (χ3n) is 4.96. The van der Waals surface area contributed by atoms with Crippen LogP contribution in [-0.4, -0.2) is 81.9 Å². The highest BCUT2D eigenvalue weighted by atomic mass is 32.2. The first-order chi connectivity index (χ1) is 10.8. The van der Waals surface area contributed by atoms with Crippen LogP contribution < -0.4 is 4.72 Å². The third-order valence-corrected chi connectivity index (χ3v) is 6.46. The summed E-state index contributed by atoms with van der Waals surface area (Å²) in [6, 6.07) is 0. The number of nitrogens with one attached hydrogen (secondary N) is 1. The monoisotopic (exact) mass is 346 g/mol. The van der Waals surface area contributed by atoms with Crippen molar-refractivity contribution in [3.63, 3.8) is 0 Å². The van der Waals surface area contributed by atoms with Gasteiger partial charge in [0.1, 0.15) is 0 Å². The normalized spacial score (nSPS) is 30.4. The molecule has 0 aromatic rings. The second kappa shape index (κ2) is 8.25. The molecule has 1 N–H and O–H groups in total. The van der Waals surface area contributed by atoms with Gasteiger partial charge in [-0.05, 0) is 31.2 Å². The Bertz CT molecular complexity index is 453. The largest absolute Gasteiger partial charge is 0.304 e. The molecule has 2 aliphatic rings. The Morgan fingerprint density at radius 1 is 1.09 bits per heavy atom. The van der Waals surface area contributed by atoms with E-state index >= 15 is 0 Å². The van der Waals surface area contributed by atoms with E-state index in [4.69, 9.17) is 0 Å². The van der Waals surface area contributed by atoms with Crippen molar-refractivity contribution >= 4 is 10.2 Å². The molecule has 0 radical (unpaired) electrons. The van der Waals surface area contributed by atoms with Gasteiger partial charge in [0.25, 0.3) is 10.2 Å². The summed E-state index contributed by atoms with van der Waals surface area (Å²) in [6.45, 7) is 13.5. The Morgan fingerprint density at radius 2 is 1.65 bits per heavy atom. The highest BCUT2D eigenvalue weighted by Gasteiger charge is 2.30. The summed E-state index contributed by atoms with van der Waals surface area (Å²) in [5.74, 6) is 1.21. The number of hydrogen-bond donors (Lipinski definition) is 1. The molecule has 0 aromatic heterocycles. The van der Waals surface area contributed by atoms with Crippen molar-refractivity contribution in [1.29, 1.82) is 0 Å². The Kier molecular flexibility index (Phi) is 6.86. The summed E-state index contributed by atoms with van der Waals surface area (Å²) < 4.78 is 29.5. The smallest absolute Gasteiger partial charge is 0.279 e. The summed E-state index contributed by atoms with van der Waals surface area (Å²) >= 11 is 0. The lowest BCUT2D eigenvalue weighted by molar-refractivity contribution is 0.139. The van der Waals surface area contributed by atoms with Gasteiger partial charge in [0.05, 0.1) is 0 Å². The van der Waals surface area contributed by atoms with E-state index in [0.717, 1.165) is 39.1 Å². The Morgan fingerprint density at radius 3 is 2.22 bits per heavy atom. The lowest BCUT2D eigenvalue weighted by Gasteiger charge is -2.35. The Labute approximate surface area is 142 Å². The van der Waals surface area contributed by atoms with Crippen LogP contribution in [0.15, 0.2) is 0 Å². The molecule has 0 bridgehead atoms. The molecule has 2 saturated heterocycles. The van der Waals surface area contributed by atoms with Crippen LogP contribution in [0.1, 0.15) is 27.2 Å². The number of piperazine rings is 1. The summed E-state index contributed by atoms with van der Waals surface area (Å²) in [5.41, 5.74) is 0. The van der Waals surface area contributed by atoms with Crippen LogP contribution in [0.2, 0.25) is 0 Å². The van der Waals surface area contributed by atoms with E-state index in [1.54, 1.807) is 4.31 Å². The van der Waals surface area contributed by atoms with Gasteiger partial charge in [-0.2, -0.15) is 12.7 Å². The Balaban J connectivity index is 1.77. The van der Waals surface area contributed by atoms with Crippen LogP contribution in [-0.2, 0) is 10.2 Å². The van der Waals surface area contributed by atoms with E-state index < -0.39 is 10.2 Å². The second-order valence-electron chi connectivity index (χ2n) is 7.83. The van der Waals surface area contributed by atoms with Crippen molar-refractivity contribution in [2.45, 2.75) is 27.2 Å². The molecule has 2 aliphatic heterocycles. The number of hydrogen-bond acceptors (Lipinski definition) is 4. The topological polar surface area (TPSA) is 55.9 Å². The average molecular weight is 347 g/mol. The fourth-order valence-electron chi connectivity index (χ4n) is 3.68. The average Bonchev–Trinajstić information content (AvgIpc) is 2.47. The van der Waals surface area contributed by atoms with Crippen LogP contribution in [0.5, 0.6) is 0 Å². The molecule has 2 fully saturated rings. The number of likely N-dealkylation sites (N-methyl/N-ethyl adjacent to an activating group) is 1. The van der Waals surface area contributed by atoms with Crippen molar-refractivity contribution in [2.75, 3.05) is 59.4 Å². The summed E-state index contributed by atoms with van der Waals surface area (Å²) in [4.78, 5) is 4.77. The zero-order chi connectivity index (χ0) is 17.0. The molecule has 0 saturated carbocycles. The lowest BCUT2D eigenvalue weighted by Crippen LogP contribution is -2.50. The quantitative estimate of drug-likeness (QED) is 0.769. The van der Waals surface area contributed by atoms with Gasteiger partial charge in [0, 0.05) is 52.4 Å². The molecule has 2 heterocycles. The van der Waals surface area contributed by atoms with Crippen LogP contribution in [0.25, 0.3) is 0 Å². The first-order valence-corrected chi connectivity index (χ1v) is 10.4. The van der Waals surface area contributed by atoms with Crippen molar-refractivity contribution in [3.05, 3.63) is 0 Å². The van der Waals surface area contributed by atoms with Gasteiger partial charge < -0.3 is 9.80 Å². The molecule has 0 aliphatic carbocycles. The minimum Gasteiger partial charge on any atom is -0.304 e. The summed E-state index contributed by atoms with van der Waals surface area (Å²) in [6.07, 6.45) is 1.12. The molecule has 0 amide bonds. The van der Waals surface area contributed by atoms with Gasteiger partial charge >= 0.3 is 0 Å². The molecule has 0 spiro atoms. The maximum atomic E-state index is 12.5. The lowest BCUT2D eigenvalue weighted by atomic mass is 9.94. The molecule has 6 nitrogen and oxygen atoms in total. The maximum absolute atomic E-state index is 12.5. The second-order valence-corrected chi connectivity index (χ2v) is 9.58. The van der Waals surface area contributed by atoms with Crippen LogP contribution in [0.3, 0.4) is 0 Å². The van der Waals surface area contributed by atoms with Crippen molar-refractivity contribution in [3.8, 4) is 0 Å². The van der Waals surface area contributed by atoms with Crippen molar-refractivity contribution < 1.29 is 8.42 Å². The number of nitrogens with zero attached hydrogens (tertiary/aromatic N) is 3. The predicted octanol–water partition coefficient (Wildman–Crippen LogP) is 0.682. The first kappa shape index (κ1) is 19.1. The van der Waals surface area contributed by atoms with Gasteiger partial charge in [-0.3, -0.25) is 0 Å². The molecule has 7 heteroatoms. The minimum atomic E-state index is -3.34. The van der Waals surface area contributed by atoms with Crippen LogP contribution >= 0.6 is 0 Å². The molecule has 23 heavy (non-hydrogen) atoms. The standard InChI is InChI=1S/C16H34N4O2S/c1-14-9-15(2)13-20(12-14)23(21,22)17-10-16(3)11-19-7-5-18(4)6-8-19/h14-17H,5-13H2,1-4H3. The zero-order valence-corrected chi connectivity index (χ0v) is 16.0. The van der Waals surface area contributed by atoms with Gasteiger partial charge in [-0.1, -0.05) is 20.8 Å². The molecule has 3 atom stereocenters. The molecule has 0 aromatic carbocycles. The third kappa shape index (κ3) is 5.98. The predicted molar refractivity (Wildman–Crippen MR) is 94.5 cm³/mol. The van der Waals surface area contributed by atoms with Gasteiger partial charge in [-0.25, -0.2) is 4.72 Å². The summed E-state index contributed by atoms with van der Waals surface area (Å²) in [7, 11) is -1.19. The molecule has 136 valence electrons. The van der Waals surface area contributed by atoms with Gasteiger partial charge in [0.2, 0.25) is 0 Å². The highest BCUT2D eigenvalue weighted by Crippen LogP contribution is 2.22. The van der Waals surface area contributed by atoms with E-state index in [1.807, 2.05) is 0 Å². The maximum Gasteiger partial charge on any atom is 0.279 e. The fourth-order valence-corrected chi connectivity index (χ4v) is 5.26. The number of rotatable bonds is 6. The van der Waals surface area contributed by atoms with E-state index in [2.05, 4.69) is 42.3 Å². The van der Waals surface area contributed by atoms with Crippen molar-refractivity contribution in [2.24, 2.45) is 17.8 Å². The highest BCUT2D eigenvalue weighted by molar-refractivity contribution is 7.87. The van der Waals surface area contributed by atoms with E-state index in [9.17, 15) is 8.42 Å². The molecule has 3 unspecified atom stereocenters. The van der Waals surface area contributed by atoms with E-state index in [1.165, 1.54) is 0 Å². The van der Waals surface area contributed by atoms with Crippen LogP contribution in [0, 0.1) is 17.8 Å². The minimum absolute atomic E-state index is 0.327. The Hall–Kier alpha value is -0.210. The van der Waals surface area contributed by atoms with Crippen LogP contribution in [0.4, 0.5) is 0 Å². The van der Waals surface area contributed by atoms with E-state index in [-0.39, 0.29) is 0 Å². The van der Waals surface area contributed by atoms with Crippen molar-refractivity contribution in [1.82, 2.24) is 18.8 Å². The fraction of sp³-hybridized carbons (Fsp3) is 1.00. The summed E-state index contributed by atoms with van der Waals surface area (Å²) in [5, 5.41) is 0. The van der Waals surface area contributed by atoms with Gasteiger partial charge in [-0.15, -0.1) is 0 Å². The van der Waals surface area contributed by atoms with E-state index in [0.29, 0.717) is 37.4 Å². The molecule has 2 rings (SSSR count). The molecular formula is C16H34N4O2S. The van der Waals surface area contributed by atoms with Gasteiger partial charge in [0.15, 0.2) is 0 Å². The molecular weight excluding hydrogens is 312 g/mol. The first-order valence-electron chi connectivity index (χ1n) is 8.92. The zero-order valence-electron chi connectivity index (χ0n) is 15.2. The number of piperidine rings is 1. The SMILES string of the molecule is CC(CNS(=O)(=O)N1CC(C)CC(C)C1)CN1CCN(C)CC1.